The van der Waals surface area contributed by atoms with Gasteiger partial charge in [-0.2, -0.15) is 5.26 Å². The number of nitriles is 1. The quantitative estimate of drug-likeness (QED) is 0.762. The third-order valence-electron chi connectivity index (χ3n) is 2.53. The fourth-order valence-electron chi connectivity index (χ4n) is 1.79. The summed E-state index contributed by atoms with van der Waals surface area (Å²) in [4.78, 5) is 0. The summed E-state index contributed by atoms with van der Waals surface area (Å²) in [6.07, 6.45) is 2.17. The second-order valence-electron chi connectivity index (χ2n) is 4.67. The lowest BCUT2D eigenvalue weighted by Gasteiger charge is -2.28. The molecule has 1 aromatic carbocycles. The Kier molecular flexibility index (Phi) is 3.78. The molecule has 0 amide bonds. The van der Waals surface area contributed by atoms with E-state index in [1.807, 2.05) is 0 Å². The molecule has 0 aliphatic rings. The minimum absolute atomic E-state index is 0.00303. The van der Waals surface area contributed by atoms with Gasteiger partial charge in [0.2, 0.25) is 0 Å². The number of nitrogen functional groups attached to an aromatic ring is 1. The van der Waals surface area contributed by atoms with Crippen molar-refractivity contribution in [3.63, 3.8) is 0 Å². The first-order valence-electron chi connectivity index (χ1n) is 5.56. The predicted molar refractivity (Wildman–Crippen MR) is 68.2 cm³/mol. The Morgan fingerprint density at radius 3 is 2.69 bits per heavy atom. The Bertz CT molecular complexity index is 402. The van der Waals surface area contributed by atoms with Crippen molar-refractivity contribution in [3.05, 3.63) is 23.8 Å². The summed E-state index contributed by atoms with van der Waals surface area (Å²) >= 11 is 0. The van der Waals surface area contributed by atoms with Crippen LogP contribution >= 0.6 is 0 Å². The highest BCUT2D eigenvalue weighted by atomic mass is 15.0. The summed E-state index contributed by atoms with van der Waals surface area (Å²) in [5, 5.41) is 12.2. The zero-order chi connectivity index (χ0) is 12.2. The molecule has 86 valence electrons. The van der Waals surface area contributed by atoms with Crippen molar-refractivity contribution in [3.8, 4) is 6.07 Å². The van der Waals surface area contributed by atoms with E-state index in [9.17, 15) is 0 Å². The van der Waals surface area contributed by atoms with Crippen molar-refractivity contribution in [1.29, 1.82) is 5.26 Å². The number of hydrogen-bond donors (Lipinski definition) is 2. The second kappa shape index (κ2) is 4.89. The molecule has 1 rings (SSSR count). The van der Waals surface area contributed by atoms with Crippen LogP contribution in [0.15, 0.2) is 18.2 Å². The number of nitrogens with zero attached hydrogens (tertiary/aromatic N) is 1. The Labute approximate surface area is 97.3 Å². The Hall–Kier alpha value is -1.69. The zero-order valence-corrected chi connectivity index (χ0v) is 10.2. The third-order valence-corrected chi connectivity index (χ3v) is 2.53. The normalized spacial score (nSPS) is 10.9. The minimum Gasteiger partial charge on any atom is -0.397 e. The molecule has 0 spiro atoms. The molecule has 0 saturated heterocycles. The molecule has 3 nitrogen and oxygen atoms in total. The van der Waals surface area contributed by atoms with Crippen LogP contribution in [0.2, 0.25) is 0 Å². The van der Waals surface area contributed by atoms with E-state index in [0.717, 1.165) is 18.5 Å². The number of benzene rings is 1. The van der Waals surface area contributed by atoms with Crippen molar-refractivity contribution < 1.29 is 0 Å². The van der Waals surface area contributed by atoms with Crippen LogP contribution in [0.25, 0.3) is 0 Å². The zero-order valence-electron chi connectivity index (χ0n) is 10.2. The molecule has 0 aromatic heterocycles. The number of anilines is 2. The van der Waals surface area contributed by atoms with E-state index >= 15 is 0 Å². The van der Waals surface area contributed by atoms with Crippen molar-refractivity contribution in [2.45, 2.75) is 39.2 Å². The van der Waals surface area contributed by atoms with Crippen LogP contribution < -0.4 is 11.1 Å². The number of hydrogen-bond acceptors (Lipinski definition) is 3. The van der Waals surface area contributed by atoms with Gasteiger partial charge in [-0.05, 0) is 38.5 Å². The van der Waals surface area contributed by atoms with Gasteiger partial charge in [-0.25, -0.2) is 0 Å². The maximum atomic E-state index is 8.84. The second-order valence-corrected chi connectivity index (χ2v) is 4.67. The standard InChI is InChI=1S/C13H19N3/c1-4-7-13(2,3)16-12-8-10(9-14)5-6-11(12)15/h5-6,8,16H,4,7,15H2,1-3H3. The first kappa shape index (κ1) is 12.4. The van der Waals surface area contributed by atoms with Gasteiger partial charge in [-0.1, -0.05) is 13.3 Å². The summed E-state index contributed by atoms with van der Waals surface area (Å²) in [6, 6.07) is 7.41. The SMILES string of the molecule is CCCC(C)(C)Nc1cc(C#N)ccc1N. The molecule has 1 aromatic rings. The fraction of sp³-hybridized carbons (Fsp3) is 0.462. The van der Waals surface area contributed by atoms with Gasteiger partial charge in [0.15, 0.2) is 0 Å². The van der Waals surface area contributed by atoms with Gasteiger partial charge in [-0.15, -0.1) is 0 Å². The minimum atomic E-state index is -0.00303. The molecule has 0 aliphatic heterocycles. The third kappa shape index (κ3) is 3.16. The maximum absolute atomic E-state index is 8.84. The smallest absolute Gasteiger partial charge is 0.0992 e. The molecular weight excluding hydrogens is 198 g/mol. The Balaban J connectivity index is 2.92. The molecule has 0 fully saturated rings. The van der Waals surface area contributed by atoms with E-state index < -0.39 is 0 Å². The van der Waals surface area contributed by atoms with Crippen molar-refractivity contribution in [2.24, 2.45) is 0 Å². The number of rotatable bonds is 4. The van der Waals surface area contributed by atoms with Crippen LogP contribution in [0, 0.1) is 11.3 Å². The topological polar surface area (TPSA) is 61.8 Å². The lowest BCUT2D eigenvalue weighted by Crippen LogP contribution is -2.30. The predicted octanol–water partition coefficient (Wildman–Crippen LogP) is 3.13. The first-order chi connectivity index (χ1) is 7.48. The van der Waals surface area contributed by atoms with Gasteiger partial charge in [0.05, 0.1) is 23.0 Å². The Morgan fingerprint density at radius 1 is 1.44 bits per heavy atom. The molecule has 16 heavy (non-hydrogen) atoms. The summed E-state index contributed by atoms with van der Waals surface area (Å²) in [5.74, 6) is 0. The highest BCUT2D eigenvalue weighted by Gasteiger charge is 2.17. The van der Waals surface area contributed by atoms with Crippen LogP contribution in [0.1, 0.15) is 39.2 Å². The largest absolute Gasteiger partial charge is 0.397 e. The van der Waals surface area contributed by atoms with Gasteiger partial charge in [-0.3, -0.25) is 0 Å². The molecule has 0 bridgehead atoms. The maximum Gasteiger partial charge on any atom is 0.0992 e. The van der Waals surface area contributed by atoms with E-state index in [4.69, 9.17) is 11.0 Å². The van der Waals surface area contributed by atoms with Crippen LogP contribution in [0.5, 0.6) is 0 Å². The van der Waals surface area contributed by atoms with Crippen LogP contribution in [0.3, 0.4) is 0 Å². The van der Waals surface area contributed by atoms with E-state index in [-0.39, 0.29) is 5.54 Å². The molecule has 3 heteroatoms. The van der Waals surface area contributed by atoms with Gasteiger partial charge in [0.25, 0.3) is 0 Å². The fourth-order valence-corrected chi connectivity index (χ4v) is 1.79. The van der Waals surface area contributed by atoms with Crippen LogP contribution in [0.4, 0.5) is 11.4 Å². The monoisotopic (exact) mass is 217 g/mol. The molecule has 3 N–H and O–H groups in total. The lowest BCUT2D eigenvalue weighted by molar-refractivity contribution is 0.511. The summed E-state index contributed by atoms with van der Waals surface area (Å²) in [5.41, 5.74) is 8.03. The highest BCUT2D eigenvalue weighted by Crippen LogP contribution is 2.25. The number of nitrogens with two attached hydrogens (primary N) is 1. The van der Waals surface area contributed by atoms with Gasteiger partial charge >= 0.3 is 0 Å². The van der Waals surface area contributed by atoms with E-state index in [2.05, 4.69) is 32.2 Å². The molecule has 0 saturated carbocycles. The van der Waals surface area contributed by atoms with E-state index in [1.54, 1.807) is 18.2 Å². The van der Waals surface area contributed by atoms with Crippen molar-refractivity contribution in [1.82, 2.24) is 0 Å². The first-order valence-corrected chi connectivity index (χ1v) is 5.56. The van der Waals surface area contributed by atoms with Crippen LogP contribution in [-0.2, 0) is 0 Å². The molecule has 0 heterocycles. The molecule has 0 atom stereocenters. The highest BCUT2D eigenvalue weighted by molar-refractivity contribution is 5.69. The molecule has 0 radical (unpaired) electrons. The van der Waals surface area contributed by atoms with E-state index in [1.165, 1.54) is 0 Å². The molecule has 0 unspecified atom stereocenters. The van der Waals surface area contributed by atoms with Gasteiger partial charge < -0.3 is 11.1 Å². The lowest BCUT2D eigenvalue weighted by atomic mass is 9.98. The van der Waals surface area contributed by atoms with Crippen LogP contribution in [-0.4, -0.2) is 5.54 Å². The summed E-state index contributed by atoms with van der Waals surface area (Å²) in [7, 11) is 0. The average molecular weight is 217 g/mol. The van der Waals surface area contributed by atoms with Gasteiger partial charge in [0.1, 0.15) is 0 Å². The molecule has 0 aliphatic carbocycles. The van der Waals surface area contributed by atoms with Crippen molar-refractivity contribution >= 4 is 11.4 Å². The van der Waals surface area contributed by atoms with E-state index in [0.29, 0.717) is 11.3 Å². The Morgan fingerprint density at radius 2 is 2.12 bits per heavy atom. The molecular formula is C13H19N3. The summed E-state index contributed by atoms with van der Waals surface area (Å²) < 4.78 is 0. The van der Waals surface area contributed by atoms with Crippen molar-refractivity contribution in [2.75, 3.05) is 11.1 Å². The summed E-state index contributed by atoms with van der Waals surface area (Å²) in [6.45, 7) is 6.42. The van der Waals surface area contributed by atoms with Gasteiger partial charge in [0, 0.05) is 5.54 Å². The number of nitrogens with one attached hydrogen (secondary N) is 1. The average Bonchev–Trinajstić information content (AvgIpc) is 2.21.